The molecule has 0 radical (unpaired) electrons. The monoisotopic (exact) mass is 357 g/mol. The quantitative estimate of drug-likeness (QED) is 0.774. The van der Waals surface area contributed by atoms with Crippen molar-refractivity contribution >= 4 is 32.9 Å². The highest BCUT2D eigenvalue weighted by atomic mass is 79.9. The smallest absolute Gasteiger partial charge is 0.251 e. The van der Waals surface area contributed by atoms with Gasteiger partial charge < -0.3 is 9.88 Å². The molecule has 1 aromatic heterocycles. The predicted octanol–water partition coefficient (Wildman–Crippen LogP) is 3.83. The van der Waals surface area contributed by atoms with Crippen molar-refractivity contribution < 1.29 is 4.79 Å². The van der Waals surface area contributed by atoms with Crippen LogP contribution in [-0.4, -0.2) is 15.5 Å². The summed E-state index contributed by atoms with van der Waals surface area (Å²) >= 11 is 3.38. The average Bonchev–Trinajstić information content (AvgIpc) is 2.85. The number of fused-ring (bicyclic) bond motifs is 1. The van der Waals surface area contributed by atoms with Crippen molar-refractivity contribution in [3.05, 3.63) is 64.4 Å². The van der Waals surface area contributed by atoms with Gasteiger partial charge in [-0.15, -0.1) is 0 Å². The molecule has 1 unspecified atom stereocenters. The van der Waals surface area contributed by atoms with Crippen molar-refractivity contribution in [2.45, 2.75) is 13.0 Å². The normalized spacial score (nSPS) is 12.3. The molecule has 1 amide bonds. The highest BCUT2D eigenvalue weighted by Gasteiger charge is 2.17. The zero-order valence-corrected chi connectivity index (χ0v) is 14.0. The lowest BCUT2D eigenvalue weighted by atomic mass is 10.2. The number of amides is 1. The molecule has 2 aromatic carbocycles. The molecule has 3 aromatic rings. The van der Waals surface area contributed by atoms with Gasteiger partial charge in [-0.2, -0.15) is 0 Å². The second-order valence-corrected chi connectivity index (χ2v) is 6.14. The second kappa shape index (κ2) is 5.93. The molecular weight excluding hydrogens is 342 g/mol. The van der Waals surface area contributed by atoms with E-state index >= 15 is 0 Å². The van der Waals surface area contributed by atoms with Crippen LogP contribution < -0.4 is 5.32 Å². The minimum Gasteiger partial charge on any atom is -0.342 e. The van der Waals surface area contributed by atoms with E-state index in [0.717, 1.165) is 21.3 Å². The Labute approximate surface area is 137 Å². The summed E-state index contributed by atoms with van der Waals surface area (Å²) in [5.74, 6) is 0.727. The number of carbonyl (C=O) groups excluding carboxylic acids is 1. The number of nitrogens with one attached hydrogen (secondary N) is 1. The van der Waals surface area contributed by atoms with E-state index in [-0.39, 0.29) is 11.9 Å². The zero-order chi connectivity index (χ0) is 15.7. The van der Waals surface area contributed by atoms with Gasteiger partial charge in [-0.1, -0.05) is 34.1 Å². The minimum atomic E-state index is -0.177. The van der Waals surface area contributed by atoms with Crippen molar-refractivity contribution in [1.82, 2.24) is 14.9 Å². The molecule has 22 heavy (non-hydrogen) atoms. The Balaban J connectivity index is 1.85. The SMILES string of the molecule is CC(NC(=O)c1cccc(Br)c1)c1nc2ccccc2n1C. The van der Waals surface area contributed by atoms with E-state index < -0.39 is 0 Å². The third-order valence-electron chi connectivity index (χ3n) is 3.64. The zero-order valence-electron chi connectivity index (χ0n) is 12.4. The highest BCUT2D eigenvalue weighted by molar-refractivity contribution is 9.10. The largest absolute Gasteiger partial charge is 0.342 e. The molecule has 4 nitrogen and oxygen atoms in total. The summed E-state index contributed by atoms with van der Waals surface area (Å²) in [6.45, 7) is 1.94. The second-order valence-electron chi connectivity index (χ2n) is 5.22. The van der Waals surface area contributed by atoms with E-state index in [9.17, 15) is 4.79 Å². The van der Waals surface area contributed by atoms with E-state index in [1.165, 1.54) is 0 Å². The minimum absolute atomic E-state index is 0.110. The van der Waals surface area contributed by atoms with Crippen LogP contribution in [-0.2, 0) is 7.05 Å². The molecule has 3 rings (SSSR count). The lowest BCUT2D eigenvalue weighted by molar-refractivity contribution is 0.0938. The summed E-state index contributed by atoms with van der Waals surface area (Å²) < 4.78 is 2.90. The van der Waals surface area contributed by atoms with E-state index in [1.807, 2.05) is 54.9 Å². The molecule has 0 bridgehead atoms. The molecule has 0 saturated carbocycles. The summed E-state index contributed by atoms with van der Waals surface area (Å²) in [4.78, 5) is 17.0. The van der Waals surface area contributed by atoms with Crippen molar-refractivity contribution in [3.63, 3.8) is 0 Å². The summed E-state index contributed by atoms with van der Waals surface area (Å²) in [5, 5.41) is 3.00. The molecule has 0 aliphatic rings. The molecule has 1 heterocycles. The van der Waals surface area contributed by atoms with Crippen LogP contribution in [0.5, 0.6) is 0 Å². The third kappa shape index (κ3) is 2.76. The first kappa shape index (κ1) is 14.8. The fourth-order valence-electron chi connectivity index (χ4n) is 2.53. The van der Waals surface area contributed by atoms with Gasteiger partial charge in [0, 0.05) is 17.1 Å². The van der Waals surface area contributed by atoms with Crippen LogP contribution in [0, 0.1) is 0 Å². The van der Waals surface area contributed by atoms with Gasteiger partial charge in [-0.25, -0.2) is 4.98 Å². The fraction of sp³-hybridized carbons (Fsp3) is 0.176. The predicted molar refractivity (Wildman–Crippen MR) is 90.7 cm³/mol. The number of hydrogen-bond donors (Lipinski definition) is 1. The van der Waals surface area contributed by atoms with Crippen molar-refractivity contribution in [1.29, 1.82) is 0 Å². The van der Waals surface area contributed by atoms with Crippen molar-refractivity contribution in [2.24, 2.45) is 7.05 Å². The molecule has 1 atom stereocenters. The molecule has 0 saturated heterocycles. The Bertz CT molecular complexity index is 841. The molecule has 112 valence electrons. The summed E-state index contributed by atoms with van der Waals surface area (Å²) in [6, 6.07) is 15.1. The van der Waals surface area contributed by atoms with Crippen molar-refractivity contribution in [3.8, 4) is 0 Å². The number of imidazole rings is 1. The van der Waals surface area contributed by atoms with Gasteiger partial charge in [0.25, 0.3) is 5.91 Å². The topological polar surface area (TPSA) is 46.9 Å². The summed E-state index contributed by atoms with van der Waals surface area (Å²) in [7, 11) is 1.96. The lowest BCUT2D eigenvalue weighted by Gasteiger charge is -2.14. The Morgan fingerprint density at radius 3 is 2.73 bits per heavy atom. The number of nitrogens with zero attached hydrogens (tertiary/aromatic N) is 2. The van der Waals surface area contributed by atoms with E-state index in [1.54, 1.807) is 12.1 Å². The van der Waals surface area contributed by atoms with Crippen LogP contribution in [0.4, 0.5) is 0 Å². The molecule has 0 aliphatic heterocycles. The van der Waals surface area contributed by atoms with E-state index in [2.05, 4.69) is 26.2 Å². The summed E-state index contributed by atoms with van der Waals surface area (Å²) in [5.41, 5.74) is 2.62. The number of aryl methyl sites for hydroxylation is 1. The Hall–Kier alpha value is -2.14. The van der Waals surface area contributed by atoms with Gasteiger partial charge in [0.15, 0.2) is 0 Å². The van der Waals surface area contributed by atoms with Crippen LogP contribution >= 0.6 is 15.9 Å². The Kier molecular flexibility index (Phi) is 3.98. The number of halogens is 1. The number of para-hydroxylation sites is 2. The van der Waals surface area contributed by atoms with E-state index in [4.69, 9.17) is 0 Å². The van der Waals surface area contributed by atoms with Crippen LogP contribution in [0.2, 0.25) is 0 Å². The first-order valence-corrected chi connectivity index (χ1v) is 7.83. The standard InChI is InChI=1S/C17H16BrN3O/c1-11(19-17(22)12-6-5-7-13(18)10-12)16-20-14-8-3-4-9-15(14)21(16)2/h3-11H,1-2H3,(H,19,22). The van der Waals surface area contributed by atoms with Crippen LogP contribution in [0.25, 0.3) is 11.0 Å². The molecule has 0 spiro atoms. The van der Waals surface area contributed by atoms with E-state index in [0.29, 0.717) is 5.56 Å². The molecular formula is C17H16BrN3O. The first-order valence-electron chi connectivity index (χ1n) is 7.04. The first-order chi connectivity index (χ1) is 10.6. The van der Waals surface area contributed by atoms with Gasteiger partial charge in [0.1, 0.15) is 5.82 Å². The summed E-state index contributed by atoms with van der Waals surface area (Å²) in [6.07, 6.45) is 0. The third-order valence-corrected chi connectivity index (χ3v) is 4.14. The van der Waals surface area contributed by atoms with Gasteiger partial charge in [-0.05, 0) is 37.3 Å². The lowest BCUT2D eigenvalue weighted by Crippen LogP contribution is -2.28. The van der Waals surface area contributed by atoms with Gasteiger partial charge in [0.05, 0.1) is 17.1 Å². The van der Waals surface area contributed by atoms with Crippen LogP contribution in [0.3, 0.4) is 0 Å². The molecule has 0 fully saturated rings. The van der Waals surface area contributed by atoms with Crippen LogP contribution in [0.1, 0.15) is 29.1 Å². The molecule has 0 aliphatic carbocycles. The van der Waals surface area contributed by atoms with Gasteiger partial charge in [-0.3, -0.25) is 4.79 Å². The van der Waals surface area contributed by atoms with Gasteiger partial charge >= 0.3 is 0 Å². The molecule has 5 heteroatoms. The van der Waals surface area contributed by atoms with Crippen LogP contribution in [0.15, 0.2) is 53.0 Å². The number of carbonyl (C=O) groups is 1. The number of aromatic nitrogens is 2. The number of rotatable bonds is 3. The highest BCUT2D eigenvalue weighted by Crippen LogP contribution is 2.20. The Morgan fingerprint density at radius 2 is 2.00 bits per heavy atom. The Morgan fingerprint density at radius 1 is 1.23 bits per heavy atom. The maximum atomic E-state index is 12.3. The molecule has 1 N–H and O–H groups in total. The maximum Gasteiger partial charge on any atom is 0.251 e. The van der Waals surface area contributed by atoms with Gasteiger partial charge in [0.2, 0.25) is 0 Å². The number of hydrogen-bond acceptors (Lipinski definition) is 2. The number of benzene rings is 2. The fourth-order valence-corrected chi connectivity index (χ4v) is 2.92. The van der Waals surface area contributed by atoms with Crippen molar-refractivity contribution in [2.75, 3.05) is 0 Å². The maximum absolute atomic E-state index is 12.3. The average molecular weight is 358 g/mol.